The van der Waals surface area contributed by atoms with E-state index in [0.717, 1.165) is 69.5 Å². The Kier molecular flexibility index (Phi) is 10.1. The van der Waals surface area contributed by atoms with Gasteiger partial charge in [0.2, 0.25) is 0 Å². The molecule has 7 heteroatoms. The highest BCUT2D eigenvalue weighted by atomic mass is 127. The number of halogens is 1. The topological polar surface area (TPSA) is 60.3 Å². The largest absolute Gasteiger partial charge is 0.506 e. The quantitative estimate of drug-likeness (QED) is 0.250. The fourth-order valence-corrected chi connectivity index (χ4v) is 3.58. The van der Waals surface area contributed by atoms with E-state index >= 15 is 0 Å². The van der Waals surface area contributed by atoms with E-state index in [2.05, 4.69) is 34.2 Å². The van der Waals surface area contributed by atoms with E-state index in [4.69, 9.17) is 9.73 Å². The standard InChI is InChI=1S/C23H32N4O2.HI/c1-3-24-23(25-14-6-7-19-10-12-20(29-2)13-11-19)27-17-15-26(16-18-27)21-8-4-5-9-22(21)28;/h4-5,8-13,28H,3,6-7,14-18H2,1-2H3,(H,24,25);1H. The summed E-state index contributed by atoms with van der Waals surface area (Å²) in [6, 6.07) is 15.8. The first kappa shape index (κ1) is 24.1. The van der Waals surface area contributed by atoms with E-state index in [-0.39, 0.29) is 24.0 Å². The minimum absolute atomic E-state index is 0. The highest BCUT2D eigenvalue weighted by Crippen LogP contribution is 2.27. The number of hydrogen-bond donors (Lipinski definition) is 2. The lowest BCUT2D eigenvalue weighted by Gasteiger charge is -2.37. The Morgan fingerprint density at radius 1 is 1.07 bits per heavy atom. The lowest BCUT2D eigenvalue weighted by molar-refractivity contribution is 0.370. The Bertz CT molecular complexity index is 790. The summed E-state index contributed by atoms with van der Waals surface area (Å²) in [5.74, 6) is 2.23. The molecule has 1 aliphatic heterocycles. The number of hydrogen-bond acceptors (Lipinski definition) is 4. The molecule has 1 fully saturated rings. The zero-order valence-electron chi connectivity index (χ0n) is 17.9. The maximum Gasteiger partial charge on any atom is 0.194 e. The van der Waals surface area contributed by atoms with E-state index in [1.165, 1.54) is 5.56 Å². The number of aryl methyl sites for hydroxylation is 1. The number of nitrogens with zero attached hydrogens (tertiary/aromatic N) is 3. The van der Waals surface area contributed by atoms with Crippen molar-refractivity contribution in [1.82, 2.24) is 10.2 Å². The molecule has 0 aromatic heterocycles. The van der Waals surface area contributed by atoms with Gasteiger partial charge in [0.1, 0.15) is 11.5 Å². The molecular weight excluding hydrogens is 491 g/mol. The van der Waals surface area contributed by atoms with Crippen molar-refractivity contribution in [2.75, 3.05) is 51.3 Å². The lowest BCUT2D eigenvalue weighted by Crippen LogP contribution is -2.52. The lowest BCUT2D eigenvalue weighted by atomic mass is 10.1. The van der Waals surface area contributed by atoms with Gasteiger partial charge in [-0.3, -0.25) is 4.99 Å². The Morgan fingerprint density at radius 2 is 1.77 bits per heavy atom. The number of phenolic OH excluding ortho intramolecular Hbond substituents is 1. The summed E-state index contributed by atoms with van der Waals surface area (Å²) >= 11 is 0. The first-order chi connectivity index (χ1) is 14.2. The molecule has 0 bridgehead atoms. The summed E-state index contributed by atoms with van der Waals surface area (Å²) in [4.78, 5) is 9.39. The van der Waals surface area contributed by atoms with Crippen LogP contribution in [0.3, 0.4) is 0 Å². The highest BCUT2D eigenvalue weighted by molar-refractivity contribution is 14.0. The van der Waals surface area contributed by atoms with Crippen molar-refractivity contribution >= 4 is 35.6 Å². The highest BCUT2D eigenvalue weighted by Gasteiger charge is 2.21. The smallest absolute Gasteiger partial charge is 0.194 e. The van der Waals surface area contributed by atoms with E-state index in [0.29, 0.717) is 5.75 Å². The van der Waals surface area contributed by atoms with Crippen LogP contribution >= 0.6 is 24.0 Å². The maximum absolute atomic E-state index is 10.1. The summed E-state index contributed by atoms with van der Waals surface area (Å²) in [5.41, 5.74) is 2.22. The van der Waals surface area contributed by atoms with Gasteiger partial charge in [-0.15, -0.1) is 24.0 Å². The molecule has 30 heavy (non-hydrogen) atoms. The fraction of sp³-hybridized carbons (Fsp3) is 0.435. The van der Waals surface area contributed by atoms with Crippen molar-refractivity contribution in [2.45, 2.75) is 19.8 Å². The molecular formula is C23H33IN4O2. The van der Waals surface area contributed by atoms with Crippen molar-refractivity contribution in [2.24, 2.45) is 4.99 Å². The van der Waals surface area contributed by atoms with Crippen LogP contribution in [0.4, 0.5) is 5.69 Å². The Morgan fingerprint density at radius 3 is 2.40 bits per heavy atom. The first-order valence-corrected chi connectivity index (χ1v) is 10.4. The average molecular weight is 524 g/mol. The number of aliphatic imine (C=N–C) groups is 1. The van der Waals surface area contributed by atoms with Gasteiger partial charge in [0.25, 0.3) is 0 Å². The van der Waals surface area contributed by atoms with Crippen molar-refractivity contribution in [3.05, 3.63) is 54.1 Å². The van der Waals surface area contributed by atoms with E-state index in [1.807, 2.05) is 30.3 Å². The number of piperazine rings is 1. The van der Waals surface area contributed by atoms with Crippen molar-refractivity contribution in [1.29, 1.82) is 0 Å². The van der Waals surface area contributed by atoms with Gasteiger partial charge >= 0.3 is 0 Å². The molecule has 0 unspecified atom stereocenters. The van der Waals surface area contributed by atoms with E-state index in [1.54, 1.807) is 13.2 Å². The SMILES string of the molecule is CCNC(=NCCCc1ccc(OC)cc1)N1CCN(c2ccccc2O)CC1.I. The number of phenols is 1. The molecule has 0 saturated carbocycles. The van der Waals surface area contributed by atoms with Crippen molar-refractivity contribution in [3.8, 4) is 11.5 Å². The number of aromatic hydroxyl groups is 1. The van der Waals surface area contributed by atoms with Gasteiger partial charge in [0, 0.05) is 39.3 Å². The van der Waals surface area contributed by atoms with Crippen LogP contribution in [0.15, 0.2) is 53.5 Å². The third-order valence-corrected chi connectivity index (χ3v) is 5.18. The molecule has 2 aromatic rings. The number of rotatable bonds is 7. The number of methoxy groups -OCH3 is 1. The number of para-hydroxylation sites is 2. The zero-order valence-corrected chi connectivity index (χ0v) is 20.2. The molecule has 1 saturated heterocycles. The van der Waals surface area contributed by atoms with Crippen LogP contribution in [0.1, 0.15) is 18.9 Å². The maximum atomic E-state index is 10.1. The van der Waals surface area contributed by atoms with Crippen molar-refractivity contribution in [3.63, 3.8) is 0 Å². The van der Waals surface area contributed by atoms with Crippen LogP contribution < -0.4 is 15.0 Å². The normalized spacial score (nSPS) is 14.3. The van der Waals surface area contributed by atoms with Gasteiger partial charge in [0.15, 0.2) is 5.96 Å². The van der Waals surface area contributed by atoms with Crippen LogP contribution in [0.2, 0.25) is 0 Å². The van der Waals surface area contributed by atoms with Gasteiger partial charge in [-0.05, 0) is 49.6 Å². The number of anilines is 1. The van der Waals surface area contributed by atoms with Crippen LogP contribution in [0.25, 0.3) is 0 Å². The van der Waals surface area contributed by atoms with Gasteiger partial charge in [0.05, 0.1) is 12.8 Å². The number of guanidine groups is 1. The molecule has 1 aliphatic rings. The van der Waals surface area contributed by atoms with Crippen LogP contribution in [0.5, 0.6) is 11.5 Å². The van der Waals surface area contributed by atoms with E-state index in [9.17, 15) is 5.11 Å². The predicted octanol–water partition coefficient (Wildman–Crippen LogP) is 3.74. The zero-order chi connectivity index (χ0) is 20.5. The molecule has 0 amide bonds. The van der Waals surface area contributed by atoms with Crippen LogP contribution in [0, 0.1) is 0 Å². The molecule has 0 spiro atoms. The summed E-state index contributed by atoms with van der Waals surface area (Å²) in [6.45, 7) is 7.27. The Labute approximate surface area is 197 Å². The van der Waals surface area contributed by atoms with Crippen molar-refractivity contribution < 1.29 is 9.84 Å². The van der Waals surface area contributed by atoms with Gasteiger partial charge in [-0.25, -0.2) is 0 Å². The van der Waals surface area contributed by atoms with E-state index < -0.39 is 0 Å². The average Bonchev–Trinajstić information content (AvgIpc) is 2.77. The Balaban J connectivity index is 0.00000320. The molecule has 3 rings (SSSR count). The minimum atomic E-state index is 0. The number of ether oxygens (including phenoxy) is 1. The molecule has 0 radical (unpaired) electrons. The Hall–Kier alpha value is -2.16. The van der Waals surface area contributed by atoms with Gasteiger partial charge in [-0.1, -0.05) is 24.3 Å². The number of nitrogens with one attached hydrogen (secondary N) is 1. The summed E-state index contributed by atoms with van der Waals surface area (Å²) in [6.07, 6.45) is 2.02. The molecule has 1 heterocycles. The second kappa shape index (κ2) is 12.5. The third kappa shape index (κ3) is 6.68. The molecule has 2 N–H and O–H groups in total. The second-order valence-electron chi connectivity index (χ2n) is 7.15. The fourth-order valence-electron chi connectivity index (χ4n) is 3.58. The second-order valence-corrected chi connectivity index (χ2v) is 7.15. The number of benzene rings is 2. The van der Waals surface area contributed by atoms with Gasteiger partial charge in [-0.2, -0.15) is 0 Å². The molecule has 164 valence electrons. The summed E-state index contributed by atoms with van der Waals surface area (Å²) in [5, 5.41) is 13.5. The monoisotopic (exact) mass is 524 g/mol. The summed E-state index contributed by atoms with van der Waals surface area (Å²) in [7, 11) is 1.69. The molecule has 6 nitrogen and oxygen atoms in total. The molecule has 0 aliphatic carbocycles. The van der Waals surface area contributed by atoms with Crippen LogP contribution in [-0.4, -0.2) is 62.3 Å². The minimum Gasteiger partial charge on any atom is -0.506 e. The first-order valence-electron chi connectivity index (χ1n) is 10.4. The third-order valence-electron chi connectivity index (χ3n) is 5.18. The molecule has 0 atom stereocenters. The van der Waals surface area contributed by atoms with Gasteiger partial charge < -0.3 is 25.0 Å². The van der Waals surface area contributed by atoms with Crippen LogP contribution in [-0.2, 0) is 6.42 Å². The summed E-state index contributed by atoms with van der Waals surface area (Å²) < 4.78 is 5.21. The predicted molar refractivity (Wildman–Crippen MR) is 135 cm³/mol. The molecule has 2 aromatic carbocycles.